The van der Waals surface area contributed by atoms with E-state index in [0.717, 1.165) is 54.9 Å². The number of thioether (sulfide) groups is 3. The van der Waals surface area contributed by atoms with Gasteiger partial charge in [-0.2, -0.15) is 0 Å². The van der Waals surface area contributed by atoms with Crippen LogP contribution < -0.4 is 34.4 Å². The molecule has 0 aromatic carbocycles. The zero-order valence-corrected chi connectivity index (χ0v) is 98.6. The summed E-state index contributed by atoms with van der Waals surface area (Å²) in [4.78, 5) is 51.3. The number of nitrogens with one attached hydrogen (secondary N) is 1. The van der Waals surface area contributed by atoms with Gasteiger partial charge >= 0.3 is 0 Å². The molecule has 12 aromatic rings. The van der Waals surface area contributed by atoms with E-state index in [0.29, 0.717) is 164 Å². The van der Waals surface area contributed by atoms with E-state index in [1.165, 1.54) is 34.3 Å². The molecule has 6 aliphatic heterocycles. The van der Waals surface area contributed by atoms with Gasteiger partial charge in [-0.3, -0.25) is 27.4 Å². The van der Waals surface area contributed by atoms with Gasteiger partial charge in [0, 0.05) is 65.5 Å². The number of ether oxygens (including phenoxy) is 6. The molecule has 6 unspecified atom stereocenters. The third-order valence-corrected chi connectivity index (χ3v) is 38.9. The lowest BCUT2D eigenvalue weighted by atomic mass is 10.1. The molecule has 6 aliphatic rings. The van der Waals surface area contributed by atoms with E-state index in [9.17, 15) is 61.3 Å². The summed E-state index contributed by atoms with van der Waals surface area (Å²) in [5.74, 6) is 1.68. The Labute approximate surface area is 909 Å². The van der Waals surface area contributed by atoms with Crippen LogP contribution >= 0.6 is 123 Å². The third-order valence-electron chi connectivity index (χ3n) is 26.1. The van der Waals surface area contributed by atoms with E-state index in [2.05, 4.69) is 207 Å². The summed E-state index contributed by atoms with van der Waals surface area (Å²) in [6.07, 6.45) is 27.2. The minimum atomic E-state index is -1.25. The van der Waals surface area contributed by atoms with E-state index in [1.807, 2.05) is 13.2 Å². The number of aliphatic hydroxyl groups is 12. The lowest BCUT2D eigenvalue weighted by molar-refractivity contribution is -0.0400. The topological polar surface area (TPSA) is 641 Å². The molecule has 25 N–H and O–H groups in total. The number of anilines is 6. The number of aromatic nitrogens is 18. The number of nitrogens with zero attached hydrogens (tertiary/aromatic N) is 17. The molecule has 0 bridgehead atoms. The molecule has 0 saturated carbocycles. The summed E-state index contributed by atoms with van der Waals surface area (Å²) in [5, 5.41) is 128. The van der Waals surface area contributed by atoms with Crippen LogP contribution in [0, 0.1) is 8.60 Å². The number of nitrogen functional groups attached to an aromatic ring is 6. The minimum absolute atomic E-state index is 0.109. The number of halogens is 2. The molecule has 6 fully saturated rings. The zero-order valence-electron chi connectivity index (χ0n) is 87.1. The average Bonchev–Trinajstić information content (AvgIpc) is 1.62. The molecule has 0 aliphatic carbocycles. The second-order valence-electron chi connectivity index (χ2n) is 42.5. The van der Waals surface area contributed by atoms with Gasteiger partial charge in [0.2, 0.25) is 5.28 Å². The number of nitrogens with two attached hydrogens (primary N) is 6. The highest BCUT2D eigenvalue weighted by Crippen LogP contribution is 2.50. The molecule has 0 spiro atoms. The number of rotatable bonds is 30. The Balaban J connectivity index is 0.000000150. The van der Waals surface area contributed by atoms with E-state index in [4.69, 9.17) is 86.6 Å². The van der Waals surface area contributed by atoms with Gasteiger partial charge in [-0.15, -0.1) is 79.1 Å². The summed E-state index contributed by atoms with van der Waals surface area (Å²) in [5.41, 5.74) is 45.4. The Morgan fingerprint density at radius 3 is 0.880 bits per heavy atom. The van der Waals surface area contributed by atoms with Gasteiger partial charge in [0.15, 0.2) is 95.3 Å². The first-order valence-corrected chi connectivity index (χ1v) is 72.3. The summed E-state index contributed by atoms with van der Waals surface area (Å²) in [7, 11) is 0. The van der Waals surface area contributed by atoms with Crippen LogP contribution in [-0.2, 0) is 28.4 Å². The molecule has 12 aromatic heterocycles. The molecule has 0 radical (unpaired) electrons. The van der Waals surface area contributed by atoms with Gasteiger partial charge in [-0.1, -0.05) is 49.1 Å². The van der Waals surface area contributed by atoms with Gasteiger partial charge in [0.1, 0.15) is 106 Å². The van der Waals surface area contributed by atoms with E-state index in [-0.39, 0.29) is 5.28 Å². The van der Waals surface area contributed by atoms with Crippen molar-refractivity contribution in [2.24, 2.45) is 0 Å². The number of hydrogen-bond donors (Lipinski definition) is 19. The number of aromatic amines is 1. The van der Waals surface area contributed by atoms with Crippen molar-refractivity contribution in [3.05, 3.63) is 87.5 Å². The van der Waals surface area contributed by atoms with E-state index in [1.54, 1.807) is 102 Å². The molecule has 150 heavy (non-hydrogen) atoms. The average molecular weight is 2400 g/mol. The summed E-state index contributed by atoms with van der Waals surface area (Å²) >= 11 is 18.1. The Hall–Kier alpha value is -6.11. The van der Waals surface area contributed by atoms with Crippen LogP contribution in [0.3, 0.4) is 0 Å². The second-order valence-corrected chi connectivity index (χ2v) is 73.2. The fourth-order valence-corrected chi connectivity index (χ4v) is 27.2. The molecule has 0 amide bonds. The van der Waals surface area contributed by atoms with Crippen molar-refractivity contribution in [1.82, 2.24) is 87.2 Å². The minimum Gasteiger partial charge on any atom is -0.397 e. The van der Waals surface area contributed by atoms with Gasteiger partial charge in [0.25, 0.3) is 0 Å². The van der Waals surface area contributed by atoms with Crippen LogP contribution in [-0.4, -0.2) is 431 Å². The number of pyridine rings is 6. The number of imidazole rings is 6. The fourth-order valence-electron chi connectivity index (χ4n) is 18.0. The highest BCUT2D eigenvalue weighted by molar-refractivity contribution is 14.1. The first kappa shape index (κ1) is 121. The Kier molecular flexibility index (Phi) is 40.3. The Morgan fingerprint density at radius 1 is 0.347 bits per heavy atom. The van der Waals surface area contributed by atoms with Gasteiger partial charge in [-0.05, 0) is 234 Å². The maximum absolute atomic E-state index is 10.7. The normalized spacial score (nSPS) is 27.2. The number of fused-ring (bicyclic) bond motifs is 6. The quantitative estimate of drug-likeness (QED) is 0.00861. The summed E-state index contributed by atoms with van der Waals surface area (Å²) < 4.78 is 47.0. The number of hydrogen-bond acceptors (Lipinski definition) is 39. The smallest absolute Gasteiger partial charge is 0.207 e. The fraction of sp³-hybridized carbons (Fsp3) is 0.562. The van der Waals surface area contributed by atoms with Crippen LogP contribution in [0.1, 0.15) is 96.2 Å². The van der Waals surface area contributed by atoms with Gasteiger partial charge in [-0.25, -0.2) is 54.8 Å². The predicted octanol–water partition coefficient (Wildman–Crippen LogP) is 9.65. The highest BCUT2D eigenvalue weighted by Gasteiger charge is 2.52. The SMILES string of the molecule is C=P(C)(C)CC[C@H]1OC(n2c(=S)[nH]c3c(N)ccnc32)[C@H](O)[C@@H]1O.C=P(C)(C)CC[C@H]1OC(n2c(Cl)nc3c(N)ccnc32)[C@H](O)[C@@H]1O.C=P(C)(C)CC[C@H]1OC(n2c(I)nc3c(N)ccnc32)[C@H](O)[C@@H]1O.C=P(C)(C)CC[C@H]1OC(n2c(SC)nc3c(N)ccnc32)[C@H](O)[C@@H]1O.C=P(C)(C)CC[C@H]1OC(n2c(SCC)nc3c(N)ccnc32)[C@H](O)[C@@H]1O.C=P(C)(C)CC[C@H]1OC(n2c(SCCC)nc3c(N)ccnc32)[C@H](O)[C@@H]1O. The van der Waals surface area contributed by atoms with E-state index < -0.39 is 189 Å². The van der Waals surface area contributed by atoms with Crippen molar-refractivity contribution in [2.75, 3.05) is 169 Å². The van der Waals surface area contributed by atoms with Crippen molar-refractivity contribution in [3.63, 3.8) is 0 Å². The van der Waals surface area contributed by atoms with Crippen molar-refractivity contribution in [3.8, 4) is 0 Å². The number of H-pyrrole nitrogens is 1. The molecule has 18 heterocycles. The molecular formula is C96H148ClIN24O18P6S4. The van der Waals surface area contributed by atoms with Gasteiger partial charge < -0.3 is 129 Å². The molecule has 24 atom stereocenters. The van der Waals surface area contributed by atoms with Crippen molar-refractivity contribution < 1.29 is 89.7 Å². The van der Waals surface area contributed by atoms with Crippen molar-refractivity contribution in [2.45, 2.75) is 222 Å². The molecular weight excluding hydrogens is 2250 g/mol. The summed E-state index contributed by atoms with van der Waals surface area (Å²) in [6.45, 7) is 22.4. The van der Waals surface area contributed by atoms with Crippen molar-refractivity contribution in [1.29, 1.82) is 0 Å². The van der Waals surface area contributed by atoms with Crippen LogP contribution in [0.5, 0.6) is 0 Å². The second kappa shape index (κ2) is 50.0. The lowest BCUT2D eigenvalue weighted by Crippen LogP contribution is -2.32. The first-order chi connectivity index (χ1) is 70.2. The molecule has 18 rings (SSSR count). The monoisotopic (exact) mass is 2400 g/mol. The van der Waals surface area contributed by atoms with Crippen LogP contribution in [0.15, 0.2) is 89.0 Å². The van der Waals surface area contributed by atoms with Crippen LogP contribution in [0.2, 0.25) is 5.28 Å². The molecule has 828 valence electrons. The lowest BCUT2D eigenvalue weighted by Gasteiger charge is -2.19. The maximum atomic E-state index is 10.7. The molecule has 6 saturated heterocycles. The van der Waals surface area contributed by atoms with Crippen molar-refractivity contribution >= 4 is 262 Å². The van der Waals surface area contributed by atoms with E-state index >= 15 is 0 Å². The standard InChI is InChI=1S/C18H29N4O3PS.C17H27N4O3PS.C16H25N4O3PS.C15H22ClN4O3P.C15H22IN4O3P.C15H23N4O3PS/c1-5-10-27-18-21-13-11(19)6-8-20-16(13)22(18)17-15(24)14(23)12(25-17)7-9-26(2,3)4;1-5-26-17-20-12-10(18)6-8-19-15(12)21(17)16-14(23)13(22)11(24-16)7-9-25(2,3)4;1-24(2,3)8-6-10-12(21)13(22)15(23-10)20-14-11(19-16(20)25-4)9(17)5-7-18-14;2*1-24(2,3)7-5-9-11(21)12(22)14(23-9)20-13-10(19-15(20)16)8(17)4-6-18-13;1-23(2,3)7-5-9-11(20)12(21)14(22-9)19-13-10(18-15(19)24)8(16)4-6-17-13/h6,8,12,14-15,17,23-24H,2,5,7,9-10H2,1,3-4H3,(H2,19,20);6,8,11,13-14,16,22-23H,2,5,7,9H2,1,3-4H3,(H2,18,19);5,7,10,12-13,15,21-22H,1,6,8H2,2-4H3,(H2,17,18);2*4,6,9,11-12,14,21-22H,1,5,7H2,2-3H3,(H2,17,18);4,6,9,11-12,14,20-21H,1,5,7H2,2-3H3,(H2,16,17)(H,18,24)/t12-,14-,15-,17?;11-,13-,14-,16?;10-,12-,13-,15?;3*9-,11-,12-,14?/m111111/s1. The predicted molar refractivity (Wildman–Crippen MR) is 634 cm³/mol. The van der Waals surface area contributed by atoms with Crippen LogP contribution in [0.4, 0.5) is 34.1 Å². The maximum Gasteiger partial charge on any atom is 0.207 e. The molecule has 54 heteroatoms. The highest BCUT2D eigenvalue weighted by atomic mass is 127. The zero-order chi connectivity index (χ0) is 110. The first-order valence-electron chi connectivity index (χ1n) is 49.0. The number of aliphatic hydroxyl groups excluding tert-OH is 12. The van der Waals surface area contributed by atoms with Gasteiger partial charge in [0.05, 0.1) is 70.7 Å². The molecule has 42 nitrogen and oxygen atoms in total. The Bertz CT molecular complexity index is 6980. The van der Waals surface area contributed by atoms with Crippen LogP contribution in [0.25, 0.3) is 67.0 Å². The Morgan fingerprint density at radius 2 is 0.587 bits per heavy atom. The summed E-state index contributed by atoms with van der Waals surface area (Å²) in [6, 6.07) is 10.1. The largest absolute Gasteiger partial charge is 0.397 e. The third kappa shape index (κ3) is 28.4.